The lowest BCUT2D eigenvalue weighted by atomic mass is 9.90. The third-order valence-corrected chi connectivity index (χ3v) is 3.86. The third-order valence-electron chi connectivity index (χ3n) is 3.33. The maximum absolute atomic E-state index is 12.2. The first kappa shape index (κ1) is 10.9. The summed E-state index contributed by atoms with van der Waals surface area (Å²) in [7, 11) is 0. The number of halogens is 1. The van der Waals surface area contributed by atoms with Gasteiger partial charge in [0, 0.05) is 16.0 Å². The summed E-state index contributed by atoms with van der Waals surface area (Å²) in [5, 5.41) is 0. The molecule has 1 aliphatic carbocycles. The van der Waals surface area contributed by atoms with Crippen molar-refractivity contribution in [2.24, 2.45) is 11.8 Å². The fourth-order valence-corrected chi connectivity index (χ4v) is 2.63. The predicted molar refractivity (Wildman–Crippen MR) is 65.0 cm³/mol. The van der Waals surface area contributed by atoms with E-state index in [2.05, 4.69) is 22.9 Å². The van der Waals surface area contributed by atoms with Gasteiger partial charge < -0.3 is 0 Å². The van der Waals surface area contributed by atoms with Gasteiger partial charge in [0.25, 0.3) is 0 Å². The zero-order valence-corrected chi connectivity index (χ0v) is 10.5. The highest BCUT2D eigenvalue weighted by atomic mass is 79.9. The molecule has 0 spiro atoms. The second kappa shape index (κ2) is 4.48. The van der Waals surface area contributed by atoms with Crippen molar-refractivity contribution >= 4 is 21.7 Å². The Kier molecular flexibility index (Phi) is 3.25. The van der Waals surface area contributed by atoms with Crippen molar-refractivity contribution in [3.05, 3.63) is 34.3 Å². The smallest absolute Gasteiger partial charge is 0.166 e. The van der Waals surface area contributed by atoms with Crippen molar-refractivity contribution in [2.75, 3.05) is 0 Å². The number of ketones is 1. The van der Waals surface area contributed by atoms with Crippen LogP contribution in [0.4, 0.5) is 0 Å². The van der Waals surface area contributed by atoms with Crippen molar-refractivity contribution in [2.45, 2.75) is 26.2 Å². The van der Waals surface area contributed by atoms with Gasteiger partial charge in [-0.05, 0) is 30.9 Å². The average Bonchev–Trinajstić information content (AvgIpc) is 2.65. The molecular formula is C13H15BrO. The fraction of sp³-hybridized carbons (Fsp3) is 0.462. The van der Waals surface area contributed by atoms with Gasteiger partial charge in [0.15, 0.2) is 5.78 Å². The average molecular weight is 267 g/mol. The van der Waals surface area contributed by atoms with Crippen molar-refractivity contribution in [3.8, 4) is 0 Å². The van der Waals surface area contributed by atoms with Crippen LogP contribution in [0, 0.1) is 11.8 Å². The predicted octanol–water partition coefficient (Wildman–Crippen LogP) is 4.07. The summed E-state index contributed by atoms with van der Waals surface area (Å²) < 4.78 is 1.03. The molecule has 2 unspecified atom stereocenters. The fourth-order valence-electron chi connectivity index (χ4n) is 2.36. The number of carbonyl (C=O) groups excluding carboxylic acids is 1. The number of carbonyl (C=O) groups is 1. The van der Waals surface area contributed by atoms with E-state index in [0.717, 1.165) is 16.5 Å². The van der Waals surface area contributed by atoms with Crippen LogP contribution in [0.15, 0.2) is 28.7 Å². The van der Waals surface area contributed by atoms with E-state index in [9.17, 15) is 4.79 Å². The highest BCUT2D eigenvalue weighted by molar-refractivity contribution is 9.10. The molecule has 0 amide bonds. The minimum Gasteiger partial charge on any atom is -0.294 e. The monoisotopic (exact) mass is 266 g/mol. The summed E-state index contributed by atoms with van der Waals surface area (Å²) in [5.41, 5.74) is 0.858. The minimum atomic E-state index is 0.256. The Morgan fingerprint density at radius 2 is 1.93 bits per heavy atom. The summed E-state index contributed by atoms with van der Waals surface area (Å²) >= 11 is 3.38. The van der Waals surface area contributed by atoms with Gasteiger partial charge >= 0.3 is 0 Å². The Hall–Kier alpha value is -0.630. The summed E-state index contributed by atoms with van der Waals surface area (Å²) in [6, 6.07) is 7.70. The van der Waals surface area contributed by atoms with Crippen LogP contribution in [0.5, 0.6) is 0 Å². The first-order chi connectivity index (χ1) is 7.18. The van der Waals surface area contributed by atoms with Gasteiger partial charge in [-0.1, -0.05) is 41.4 Å². The summed E-state index contributed by atoms with van der Waals surface area (Å²) in [5.74, 6) is 1.14. The lowest BCUT2D eigenvalue weighted by Crippen LogP contribution is -2.16. The highest BCUT2D eigenvalue weighted by Gasteiger charge is 2.29. The van der Waals surface area contributed by atoms with E-state index in [4.69, 9.17) is 0 Å². The van der Waals surface area contributed by atoms with Crippen LogP contribution in [0.1, 0.15) is 36.5 Å². The largest absolute Gasteiger partial charge is 0.294 e. The van der Waals surface area contributed by atoms with E-state index in [1.165, 1.54) is 12.8 Å². The van der Waals surface area contributed by atoms with Crippen LogP contribution in [0.25, 0.3) is 0 Å². The Morgan fingerprint density at radius 3 is 2.47 bits per heavy atom. The molecule has 2 atom stereocenters. The van der Waals surface area contributed by atoms with Gasteiger partial charge in [-0.2, -0.15) is 0 Å². The zero-order valence-electron chi connectivity index (χ0n) is 8.87. The van der Waals surface area contributed by atoms with Crippen LogP contribution in [0.2, 0.25) is 0 Å². The molecular weight excluding hydrogens is 252 g/mol. The summed E-state index contributed by atoms with van der Waals surface area (Å²) in [4.78, 5) is 12.2. The number of rotatable bonds is 2. The maximum Gasteiger partial charge on any atom is 0.166 e. The molecule has 1 aliphatic rings. The van der Waals surface area contributed by atoms with E-state index in [0.29, 0.717) is 11.7 Å². The molecule has 2 rings (SSSR count). The number of benzene rings is 1. The molecule has 1 nitrogen and oxygen atoms in total. The number of hydrogen-bond acceptors (Lipinski definition) is 1. The van der Waals surface area contributed by atoms with Crippen molar-refractivity contribution in [1.82, 2.24) is 0 Å². The SMILES string of the molecule is CC1CCCC1C(=O)c1ccc(Br)cc1. The van der Waals surface area contributed by atoms with E-state index in [1.54, 1.807) is 0 Å². The van der Waals surface area contributed by atoms with Gasteiger partial charge in [-0.25, -0.2) is 0 Å². The standard InChI is InChI=1S/C13H15BrO/c1-9-3-2-4-12(9)13(15)10-5-7-11(14)8-6-10/h5-9,12H,2-4H2,1H3. The summed E-state index contributed by atoms with van der Waals surface area (Å²) in [6.07, 6.45) is 3.47. The molecule has 1 aromatic carbocycles. The van der Waals surface area contributed by atoms with Gasteiger partial charge in [0.2, 0.25) is 0 Å². The minimum absolute atomic E-state index is 0.256. The molecule has 15 heavy (non-hydrogen) atoms. The topological polar surface area (TPSA) is 17.1 Å². The highest BCUT2D eigenvalue weighted by Crippen LogP contribution is 2.33. The van der Waals surface area contributed by atoms with E-state index >= 15 is 0 Å². The van der Waals surface area contributed by atoms with Gasteiger partial charge in [0.05, 0.1) is 0 Å². The van der Waals surface area contributed by atoms with Crippen molar-refractivity contribution < 1.29 is 4.79 Å². The second-order valence-electron chi connectivity index (χ2n) is 4.39. The molecule has 0 aliphatic heterocycles. The Bertz CT molecular complexity index is 355. The molecule has 0 N–H and O–H groups in total. The Morgan fingerprint density at radius 1 is 1.27 bits per heavy atom. The van der Waals surface area contributed by atoms with Crippen molar-refractivity contribution in [3.63, 3.8) is 0 Å². The van der Waals surface area contributed by atoms with E-state index in [1.807, 2.05) is 24.3 Å². The van der Waals surface area contributed by atoms with Gasteiger partial charge in [0.1, 0.15) is 0 Å². The molecule has 2 heteroatoms. The van der Waals surface area contributed by atoms with Crippen molar-refractivity contribution in [1.29, 1.82) is 0 Å². The molecule has 0 aromatic heterocycles. The molecule has 0 heterocycles. The molecule has 1 fully saturated rings. The van der Waals surface area contributed by atoms with E-state index < -0.39 is 0 Å². The molecule has 0 saturated heterocycles. The zero-order chi connectivity index (χ0) is 10.8. The quantitative estimate of drug-likeness (QED) is 0.738. The number of hydrogen-bond donors (Lipinski definition) is 0. The normalized spacial score (nSPS) is 25.5. The molecule has 0 bridgehead atoms. The van der Waals surface area contributed by atoms with Crippen LogP contribution in [-0.4, -0.2) is 5.78 Å². The van der Waals surface area contributed by atoms with Crippen LogP contribution in [-0.2, 0) is 0 Å². The second-order valence-corrected chi connectivity index (χ2v) is 5.30. The third kappa shape index (κ3) is 2.31. The molecule has 1 aromatic rings. The van der Waals surface area contributed by atoms with Gasteiger partial charge in [-0.15, -0.1) is 0 Å². The Balaban J connectivity index is 2.17. The Labute approximate surface area is 99.0 Å². The maximum atomic E-state index is 12.2. The molecule has 0 radical (unpaired) electrons. The first-order valence-corrected chi connectivity index (χ1v) is 6.27. The van der Waals surface area contributed by atoms with Crippen LogP contribution < -0.4 is 0 Å². The van der Waals surface area contributed by atoms with Crippen LogP contribution >= 0.6 is 15.9 Å². The van der Waals surface area contributed by atoms with Gasteiger partial charge in [-0.3, -0.25) is 4.79 Å². The molecule has 1 saturated carbocycles. The first-order valence-electron chi connectivity index (χ1n) is 5.48. The summed E-state index contributed by atoms with van der Waals surface area (Å²) in [6.45, 7) is 2.19. The lowest BCUT2D eigenvalue weighted by molar-refractivity contribution is 0.0897. The number of Topliss-reactive ketones (excluding diaryl/α,β-unsaturated/α-hetero) is 1. The lowest BCUT2D eigenvalue weighted by Gasteiger charge is -2.13. The van der Waals surface area contributed by atoms with E-state index in [-0.39, 0.29) is 5.92 Å². The molecule has 80 valence electrons. The van der Waals surface area contributed by atoms with Crippen LogP contribution in [0.3, 0.4) is 0 Å².